The van der Waals surface area contributed by atoms with Gasteiger partial charge in [0.05, 0.1) is 0 Å². The Balaban J connectivity index is 1.94. The molecule has 2 N–H and O–H groups in total. The molecule has 1 aromatic heterocycles. The average Bonchev–Trinajstić information content (AvgIpc) is 2.78. The molecule has 0 saturated heterocycles. The van der Waals surface area contributed by atoms with Crippen LogP contribution in [-0.4, -0.2) is 40.4 Å². The summed E-state index contributed by atoms with van der Waals surface area (Å²) in [5, 5.41) is 14.8. The monoisotopic (exact) mass is 264 g/mol. The molecule has 1 atom stereocenters. The Hall–Kier alpha value is -1.59. The number of hydrogen-bond acceptors (Lipinski definition) is 3. The van der Waals surface area contributed by atoms with Gasteiger partial charge in [-0.15, -0.1) is 10.2 Å². The molecule has 0 spiro atoms. The second-order valence-electron chi connectivity index (χ2n) is 4.93. The van der Waals surface area contributed by atoms with Crippen molar-refractivity contribution in [1.82, 2.24) is 25.4 Å². The van der Waals surface area contributed by atoms with Crippen molar-refractivity contribution < 1.29 is 0 Å². The summed E-state index contributed by atoms with van der Waals surface area (Å²) in [5.74, 6) is 3.63. The lowest BCUT2D eigenvalue weighted by molar-refractivity contribution is 0.369. The highest BCUT2D eigenvalue weighted by molar-refractivity contribution is 5.79. The van der Waals surface area contributed by atoms with Crippen LogP contribution in [0.15, 0.2) is 4.99 Å². The fraction of sp³-hybridized carbons (Fsp3) is 0.769. The minimum atomic E-state index is 0.578. The number of hydrogen-bond donors (Lipinski definition) is 2. The Morgan fingerprint density at radius 3 is 2.74 bits per heavy atom. The van der Waals surface area contributed by atoms with Crippen molar-refractivity contribution in [2.45, 2.75) is 40.2 Å². The molecule has 0 radical (unpaired) electrons. The SMILES string of the molecule is CCNC(=NCC1CCc2nnc(C)n2C1)NCC. The van der Waals surface area contributed by atoms with Crippen LogP contribution in [0.1, 0.15) is 31.9 Å². The molecule has 0 amide bonds. The van der Waals surface area contributed by atoms with E-state index in [-0.39, 0.29) is 0 Å². The van der Waals surface area contributed by atoms with E-state index in [2.05, 4.69) is 44.2 Å². The summed E-state index contributed by atoms with van der Waals surface area (Å²) in [6, 6.07) is 0. The van der Waals surface area contributed by atoms with Crippen molar-refractivity contribution >= 4 is 5.96 Å². The first kappa shape index (κ1) is 13.8. The van der Waals surface area contributed by atoms with Gasteiger partial charge in [0, 0.05) is 32.6 Å². The summed E-state index contributed by atoms with van der Waals surface area (Å²) in [7, 11) is 0. The van der Waals surface area contributed by atoms with Gasteiger partial charge in [-0.3, -0.25) is 4.99 Å². The summed E-state index contributed by atoms with van der Waals surface area (Å²) in [5.41, 5.74) is 0. The molecule has 6 heteroatoms. The Morgan fingerprint density at radius 2 is 2.05 bits per heavy atom. The number of aromatic nitrogens is 3. The third-order valence-corrected chi connectivity index (χ3v) is 3.43. The standard InChI is InChI=1S/C13H24N6/c1-4-14-13(15-5-2)16-8-11-6-7-12-18-17-10(3)19(12)9-11/h11H,4-9H2,1-3H3,(H2,14,15,16). The van der Waals surface area contributed by atoms with Gasteiger partial charge in [0.15, 0.2) is 5.96 Å². The van der Waals surface area contributed by atoms with E-state index in [4.69, 9.17) is 0 Å². The van der Waals surface area contributed by atoms with E-state index in [1.165, 1.54) is 0 Å². The number of fused-ring (bicyclic) bond motifs is 1. The quantitative estimate of drug-likeness (QED) is 0.621. The fourth-order valence-corrected chi connectivity index (χ4v) is 2.41. The molecule has 6 nitrogen and oxygen atoms in total. The Kier molecular flexibility index (Phi) is 4.76. The molecular formula is C13H24N6. The lowest BCUT2D eigenvalue weighted by Gasteiger charge is -2.22. The Bertz CT molecular complexity index is 428. The molecular weight excluding hydrogens is 240 g/mol. The summed E-state index contributed by atoms with van der Waals surface area (Å²) >= 11 is 0. The first-order chi connectivity index (χ1) is 9.24. The number of rotatable bonds is 4. The molecule has 0 saturated carbocycles. The van der Waals surface area contributed by atoms with Crippen LogP contribution in [0, 0.1) is 12.8 Å². The van der Waals surface area contributed by atoms with Crippen LogP contribution in [0.2, 0.25) is 0 Å². The largest absolute Gasteiger partial charge is 0.357 e. The lowest BCUT2D eigenvalue weighted by atomic mass is 9.99. The van der Waals surface area contributed by atoms with Crippen molar-refractivity contribution in [1.29, 1.82) is 0 Å². The minimum absolute atomic E-state index is 0.578. The van der Waals surface area contributed by atoms with Crippen LogP contribution >= 0.6 is 0 Å². The number of nitrogens with zero attached hydrogens (tertiary/aromatic N) is 4. The van der Waals surface area contributed by atoms with Gasteiger partial charge in [0.2, 0.25) is 0 Å². The van der Waals surface area contributed by atoms with E-state index >= 15 is 0 Å². The molecule has 19 heavy (non-hydrogen) atoms. The van der Waals surface area contributed by atoms with Crippen LogP contribution < -0.4 is 10.6 Å². The maximum Gasteiger partial charge on any atom is 0.191 e. The maximum absolute atomic E-state index is 4.65. The molecule has 0 fully saturated rings. The predicted molar refractivity (Wildman–Crippen MR) is 76.2 cm³/mol. The van der Waals surface area contributed by atoms with Gasteiger partial charge < -0.3 is 15.2 Å². The Morgan fingerprint density at radius 1 is 1.32 bits per heavy atom. The van der Waals surface area contributed by atoms with Crippen LogP contribution in [0.3, 0.4) is 0 Å². The highest BCUT2D eigenvalue weighted by atomic mass is 15.3. The zero-order chi connectivity index (χ0) is 13.7. The Labute approximate surface area is 114 Å². The highest BCUT2D eigenvalue weighted by Gasteiger charge is 2.21. The highest BCUT2D eigenvalue weighted by Crippen LogP contribution is 2.19. The van der Waals surface area contributed by atoms with Gasteiger partial charge in [-0.2, -0.15) is 0 Å². The third-order valence-electron chi connectivity index (χ3n) is 3.43. The molecule has 106 valence electrons. The van der Waals surface area contributed by atoms with Gasteiger partial charge in [0.1, 0.15) is 11.6 Å². The molecule has 2 rings (SSSR count). The summed E-state index contributed by atoms with van der Waals surface area (Å²) in [4.78, 5) is 4.65. The van der Waals surface area contributed by atoms with Crippen LogP contribution in [0.4, 0.5) is 0 Å². The van der Waals surface area contributed by atoms with Gasteiger partial charge in [-0.05, 0) is 33.1 Å². The molecule has 0 aliphatic carbocycles. The van der Waals surface area contributed by atoms with Crippen LogP contribution in [0.5, 0.6) is 0 Å². The first-order valence-electron chi connectivity index (χ1n) is 7.15. The van der Waals surface area contributed by atoms with Crippen LogP contribution in [-0.2, 0) is 13.0 Å². The zero-order valence-corrected chi connectivity index (χ0v) is 12.1. The minimum Gasteiger partial charge on any atom is -0.357 e. The van der Waals surface area contributed by atoms with E-state index in [1.807, 2.05) is 6.92 Å². The molecule has 0 aromatic carbocycles. The van der Waals surface area contributed by atoms with E-state index in [1.54, 1.807) is 0 Å². The van der Waals surface area contributed by atoms with Gasteiger partial charge in [-0.1, -0.05) is 0 Å². The van der Waals surface area contributed by atoms with E-state index in [9.17, 15) is 0 Å². The van der Waals surface area contributed by atoms with Gasteiger partial charge >= 0.3 is 0 Å². The number of guanidine groups is 1. The molecule has 1 unspecified atom stereocenters. The van der Waals surface area contributed by atoms with E-state index in [0.717, 1.165) is 56.6 Å². The molecule has 1 aromatic rings. The average molecular weight is 264 g/mol. The van der Waals surface area contributed by atoms with Crippen molar-refractivity contribution in [2.24, 2.45) is 10.9 Å². The smallest absolute Gasteiger partial charge is 0.191 e. The van der Waals surface area contributed by atoms with Crippen molar-refractivity contribution in [3.05, 3.63) is 11.6 Å². The van der Waals surface area contributed by atoms with Crippen molar-refractivity contribution in [3.63, 3.8) is 0 Å². The number of aliphatic imine (C=N–C) groups is 1. The fourth-order valence-electron chi connectivity index (χ4n) is 2.41. The first-order valence-corrected chi connectivity index (χ1v) is 7.15. The van der Waals surface area contributed by atoms with Crippen LogP contribution in [0.25, 0.3) is 0 Å². The van der Waals surface area contributed by atoms with Gasteiger partial charge in [0.25, 0.3) is 0 Å². The molecule has 1 aliphatic heterocycles. The summed E-state index contributed by atoms with van der Waals surface area (Å²) < 4.78 is 2.23. The summed E-state index contributed by atoms with van der Waals surface area (Å²) in [6.45, 7) is 9.82. The third kappa shape index (κ3) is 3.45. The van der Waals surface area contributed by atoms with Crippen molar-refractivity contribution in [2.75, 3.05) is 19.6 Å². The maximum atomic E-state index is 4.65. The number of aryl methyl sites for hydroxylation is 2. The summed E-state index contributed by atoms with van der Waals surface area (Å²) in [6.07, 6.45) is 2.16. The lowest BCUT2D eigenvalue weighted by Crippen LogP contribution is -2.37. The predicted octanol–water partition coefficient (Wildman–Crippen LogP) is 0.724. The second-order valence-corrected chi connectivity index (χ2v) is 4.93. The van der Waals surface area contributed by atoms with Crippen molar-refractivity contribution in [3.8, 4) is 0 Å². The normalized spacial score (nSPS) is 17.7. The van der Waals surface area contributed by atoms with E-state index < -0.39 is 0 Å². The molecule has 2 heterocycles. The molecule has 0 bridgehead atoms. The topological polar surface area (TPSA) is 67.1 Å². The number of nitrogens with one attached hydrogen (secondary N) is 2. The molecule has 1 aliphatic rings. The zero-order valence-electron chi connectivity index (χ0n) is 12.1. The van der Waals surface area contributed by atoms with Gasteiger partial charge in [-0.25, -0.2) is 0 Å². The second kappa shape index (κ2) is 6.54. The van der Waals surface area contributed by atoms with E-state index in [0.29, 0.717) is 5.92 Å².